The van der Waals surface area contributed by atoms with Crippen molar-refractivity contribution in [1.82, 2.24) is 0 Å². The summed E-state index contributed by atoms with van der Waals surface area (Å²) in [6, 6.07) is 8.72. The average Bonchev–Trinajstić information content (AvgIpc) is 2.19. The second-order valence-electron chi connectivity index (χ2n) is 2.96. The van der Waals surface area contributed by atoms with Crippen LogP contribution in [0.15, 0.2) is 30.3 Å². The van der Waals surface area contributed by atoms with Gasteiger partial charge in [-0.3, -0.25) is 4.79 Å². The molecule has 0 unspecified atom stereocenters. The Bertz CT molecular complexity index is 287. The highest BCUT2D eigenvalue weighted by molar-refractivity contribution is 5.79. The van der Waals surface area contributed by atoms with E-state index in [1.807, 2.05) is 30.3 Å². The highest BCUT2D eigenvalue weighted by Crippen LogP contribution is 2.08. The van der Waals surface area contributed by atoms with Crippen molar-refractivity contribution in [3.63, 3.8) is 0 Å². The van der Waals surface area contributed by atoms with Gasteiger partial charge in [0.05, 0.1) is 12.6 Å². The second-order valence-corrected chi connectivity index (χ2v) is 2.96. The Morgan fingerprint density at radius 3 is 2.57 bits per heavy atom. The van der Waals surface area contributed by atoms with Crippen LogP contribution >= 0.6 is 0 Å². The first-order chi connectivity index (χ1) is 6.70. The molecule has 14 heavy (non-hydrogen) atoms. The van der Waals surface area contributed by atoms with E-state index in [0.29, 0.717) is 13.0 Å². The molecular weight excluding hydrogens is 180 g/mol. The van der Waals surface area contributed by atoms with Crippen LogP contribution in [-0.2, 0) is 4.79 Å². The third-order valence-corrected chi connectivity index (χ3v) is 1.81. The van der Waals surface area contributed by atoms with E-state index < -0.39 is 11.9 Å². The highest BCUT2D eigenvalue weighted by Gasteiger charge is 2.08. The van der Waals surface area contributed by atoms with Gasteiger partial charge in [0.2, 0.25) is 5.91 Å². The lowest BCUT2D eigenvalue weighted by atomic mass is 10.2. The monoisotopic (exact) mass is 194 g/mol. The van der Waals surface area contributed by atoms with Gasteiger partial charge < -0.3 is 16.2 Å². The maximum absolute atomic E-state index is 10.6. The molecule has 0 radical (unpaired) electrons. The molecule has 1 rings (SSSR count). The van der Waals surface area contributed by atoms with E-state index in [4.69, 9.17) is 16.2 Å². The van der Waals surface area contributed by atoms with E-state index in [-0.39, 0.29) is 0 Å². The first-order valence-corrected chi connectivity index (χ1v) is 4.43. The molecule has 0 saturated carbocycles. The Labute approximate surface area is 82.8 Å². The topological polar surface area (TPSA) is 78.3 Å². The fourth-order valence-corrected chi connectivity index (χ4v) is 0.963. The standard InChI is InChI=1S/C10H14N2O2/c11-9(10(12)13)6-7-14-8-4-2-1-3-5-8/h1-5,9H,6-7,11H2,(H2,12,13)/t9-/m0/s1. The molecule has 1 aromatic rings. The maximum Gasteiger partial charge on any atom is 0.234 e. The number of rotatable bonds is 5. The highest BCUT2D eigenvalue weighted by atomic mass is 16.5. The zero-order valence-electron chi connectivity index (χ0n) is 7.85. The van der Waals surface area contributed by atoms with E-state index in [1.54, 1.807) is 0 Å². The predicted octanol–water partition coefficient (Wildman–Crippen LogP) is 0.268. The van der Waals surface area contributed by atoms with Gasteiger partial charge in [-0.2, -0.15) is 0 Å². The third kappa shape index (κ3) is 3.45. The van der Waals surface area contributed by atoms with Gasteiger partial charge >= 0.3 is 0 Å². The van der Waals surface area contributed by atoms with Crippen LogP contribution in [0, 0.1) is 0 Å². The molecule has 0 aliphatic carbocycles. The number of amides is 1. The molecule has 4 nitrogen and oxygen atoms in total. The van der Waals surface area contributed by atoms with Crippen LogP contribution in [0.4, 0.5) is 0 Å². The van der Waals surface area contributed by atoms with E-state index >= 15 is 0 Å². The molecule has 4 heteroatoms. The van der Waals surface area contributed by atoms with Gasteiger partial charge in [0, 0.05) is 6.42 Å². The van der Waals surface area contributed by atoms with Crippen LogP contribution in [0.1, 0.15) is 6.42 Å². The molecule has 0 bridgehead atoms. The van der Waals surface area contributed by atoms with Crippen molar-refractivity contribution in [3.05, 3.63) is 30.3 Å². The summed E-state index contributed by atoms with van der Waals surface area (Å²) in [6.45, 7) is 0.397. The van der Waals surface area contributed by atoms with Crippen molar-refractivity contribution in [2.24, 2.45) is 11.5 Å². The summed E-state index contributed by atoms with van der Waals surface area (Å²) in [6.07, 6.45) is 0.435. The van der Waals surface area contributed by atoms with Gasteiger partial charge in [0.1, 0.15) is 5.75 Å². The van der Waals surface area contributed by atoms with E-state index in [0.717, 1.165) is 5.75 Å². The minimum absolute atomic E-state index is 0.397. The smallest absolute Gasteiger partial charge is 0.234 e. The van der Waals surface area contributed by atoms with Crippen LogP contribution < -0.4 is 16.2 Å². The molecule has 1 amide bonds. The number of carbonyl (C=O) groups is 1. The lowest BCUT2D eigenvalue weighted by Crippen LogP contribution is -2.37. The largest absolute Gasteiger partial charge is 0.494 e. The molecule has 0 saturated heterocycles. The fraction of sp³-hybridized carbons (Fsp3) is 0.300. The SMILES string of the molecule is NC(=O)[C@@H](N)CCOc1ccccc1. The molecule has 0 aliphatic rings. The van der Waals surface area contributed by atoms with Crippen LogP contribution in [0.25, 0.3) is 0 Å². The lowest BCUT2D eigenvalue weighted by molar-refractivity contribution is -0.119. The van der Waals surface area contributed by atoms with Gasteiger partial charge in [-0.25, -0.2) is 0 Å². The van der Waals surface area contributed by atoms with Gasteiger partial charge in [-0.05, 0) is 12.1 Å². The number of ether oxygens (including phenoxy) is 1. The lowest BCUT2D eigenvalue weighted by Gasteiger charge is -2.08. The Hall–Kier alpha value is -1.55. The number of hydrogen-bond acceptors (Lipinski definition) is 3. The van der Waals surface area contributed by atoms with Crippen molar-refractivity contribution < 1.29 is 9.53 Å². The molecule has 1 atom stereocenters. The van der Waals surface area contributed by atoms with Gasteiger partial charge in [0.25, 0.3) is 0 Å². The molecule has 0 spiro atoms. The average molecular weight is 194 g/mol. The molecule has 0 heterocycles. The summed E-state index contributed by atoms with van der Waals surface area (Å²) < 4.78 is 5.34. The molecule has 4 N–H and O–H groups in total. The first kappa shape index (κ1) is 10.5. The van der Waals surface area contributed by atoms with Crippen molar-refractivity contribution in [3.8, 4) is 5.75 Å². The van der Waals surface area contributed by atoms with Crippen molar-refractivity contribution in [2.45, 2.75) is 12.5 Å². The van der Waals surface area contributed by atoms with Gasteiger partial charge in [-0.1, -0.05) is 18.2 Å². The Morgan fingerprint density at radius 2 is 2.00 bits per heavy atom. The van der Waals surface area contributed by atoms with Gasteiger partial charge in [0.15, 0.2) is 0 Å². The molecular formula is C10H14N2O2. The van der Waals surface area contributed by atoms with Crippen LogP contribution in [0.5, 0.6) is 5.75 Å². The fourth-order valence-electron chi connectivity index (χ4n) is 0.963. The molecule has 0 fully saturated rings. The van der Waals surface area contributed by atoms with Crippen LogP contribution in [0.3, 0.4) is 0 Å². The number of benzene rings is 1. The summed E-state index contributed by atoms with van der Waals surface area (Å²) in [4.78, 5) is 10.6. The predicted molar refractivity (Wildman–Crippen MR) is 53.7 cm³/mol. The minimum atomic E-state index is -0.626. The number of carbonyl (C=O) groups excluding carboxylic acids is 1. The van der Waals surface area contributed by atoms with E-state index in [1.165, 1.54) is 0 Å². The zero-order valence-corrected chi connectivity index (χ0v) is 7.85. The number of primary amides is 1. The second kappa shape index (κ2) is 5.24. The summed E-state index contributed by atoms with van der Waals surface area (Å²) in [5.41, 5.74) is 10.4. The molecule has 76 valence electrons. The van der Waals surface area contributed by atoms with Crippen molar-refractivity contribution in [1.29, 1.82) is 0 Å². The van der Waals surface area contributed by atoms with Crippen molar-refractivity contribution in [2.75, 3.05) is 6.61 Å². The van der Waals surface area contributed by atoms with E-state index in [2.05, 4.69) is 0 Å². The molecule has 0 aliphatic heterocycles. The normalized spacial score (nSPS) is 12.1. The first-order valence-electron chi connectivity index (χ1n) is 4.43. The Balaban J connectivity index is 2.26. The van der Waals surface area contributed by atoms with E-state index in [9.17, 15) is 4.79 Å². The number of para-hydroxylation sites is 1. The minimum Gasteiger partial charge on any atom is -0.494 e. The van der Waals surface area contributed by atoms with Gasteiger partial charge in [-0.15, -0.1) is 0 Å². The van der Waals surface area contributed by atoms with Crippen LogP contribution in [-0.4, -0.2) is 18.6 Å². The number of hydrogen-bond donors (Lipinski definition) is 2. The van der Waals surface area contributed by atoms with Crippen LogP contribution in [0.2, 0.25) is 0 Å². The Morgan fingerprint density at radius 1 is 1.36 bits per heavy atom. The maximum atomic E-state index is 10.6. The summed E-state index contributed by atoms with van der Waals surface area (Å²) in [7, 11) is 0. The molecule has 1 aromatic carbocycles. The Kier molecular flexibility index (Phi) is 3.94. The van der Waals surface area contributed by atoms with Crippen molar-refractivity contribution >= 4 is 5.91 Å². The third-order valence-electron chi connectivity index (χ3n) is 1.81. The quantitative estimate of drug-likeness (QED) is 0.706. The number of nitrogens with two attached hydrogens (primary N) is 2. The summed E-state index contributed by atoms with van der Waals surface area (Å²) >= 11 is 0. The summed E-state index contributed by atoms with van der Waals surface area (Å²) in [5, 5.41) is 0. The zero-order chi connectivity index (χ0) is 10.4. The molecule has 0 aromatic heterocycles. The summed E-state index contributed by atoms with van der Waals surface area (Å²) in [5.74, 6) is 0.269.